The van der Waals surface area contributed by atoms with Crippen LogP contribution in [0.15, 0.2) is 23.8 Å². The van der Waals surface area contributed by atoms with Crippen molar-refractivity contribution < 1.29 is 14.3 Å². The number of amides is 1. The first-order chi connectivity index (χ1) is 14.2. The second-order valence-corrected chi connectivity index (χ2v) is 7.09. The Morgan fingerprint density at radius 2 is 1.69 bits per heavy atom. The number of hydrogen-bond acceptors (Lipinski definition) is 4. The summed E-state index contributed by atoms with van der Waals surface area (Å²) in [6.07, 6.45) is 10.3. The Balaban J connectivity index is 2.75. The third kappa shape index (κ3) is 10.0. The molecule has 1 amide bonds. The van der Waals surface area contributed by atoms with Gasteiger partial charge in [0.05, 0.1) is 13.2 Å². The number of benzene rings is 1. The molecule has 5 heteroatoms. The SMILES string of the molecule is CCCCCCCCNC(=O)/C(C#N)=C/c1ccc(OCCC)cc1OCCC. The van der Waals surface area contributed by atoms with Crippen LogP contribution in [-0.4, -0.2) is 25.7 Å². The van der Waals surface area contributed by atoms with Gasteiger partial charge in [-0.15, -0.1) is 0 Å². The Morgan fingerprint density at radius 1 is 1.00 bits per heavy atom. The molecule has 0 unspecified atom stereocenters. The molecule has 29 heavy (non-hydrogen) atoms. The molecule has 1 rings (SSSR count). The van der Waals surface area contributed by atoms with E-state index in [0.29, 0.717) is 31.1 Å². The quantitative estimate of drug-likeness (QED) is 0.235. The summed E-state index contributed by atoms with van der Waals surface area (Å²) in [6, 6.07) is 7.50. The summed E-state index contributed by atoms with van der Waals surface area (Å²) >= 11 is 0. The second-order valence-electron chi connectivity index (χ2n) is 7.09. The molecule has 0 aliphatic heterocycles. The van der Waals surface area contributed by atoms with Gasteiger partial charge in [0, 0.05) is 18.2 Å². The molecule has 0 saturated carbocycles. The Hall–Kier alpha value is -2.48. The highest BCUT2D eigenvalue weighted by Gasteiger charge is 2.11. The number of ether oxygens (including phenoxy) is 2. The van der Waals surface area contributed by atoms with E-state index in [9.17, 15) is 10.1 Å². The molecule has 1 N–H and O–H groups in total. The molecule has 0 fully saturated rings. The largest absolute Gasteiger partial charge is 0.493 e. The maximum Gasteiger partial charge on any atom is 0.261 e. The third-order valence-corrected chi connectivity index (χ3v) is 4.40. The van der Waals surface area contributed by atoms with Crippen LogP contribution in [0.25, 0.3) is 6.08 Å². The van der Waals surface area contributed by atoms with E-state index >= 15 is 0 Å². The summed E-state index contributed by atoms with van der Waals surface area (Å²) in [6.45, 7) is 8.06. The number of rotatable bonds is 15. The zero-order valence-electron chi connectivity index (χ0n) is 18.3. The molecule has 0 spiro atoms. The summed E-state index contributed by atoms with van der Waals surface area (Å²) in [4.78, 5) is 12.4. The van der Waals surface area contributed by atoms with Crippen molar-refractivity contribution >= 4 is 12.0 Å². The topological polar surface area (TPSA) is 71.4 Å². The number of hydrogen-bond donors (Lipinski definition) is 1. The van der Waals surface area contributed by atoms with Gasteiger partial charge in [0.1, 0.15) is 23.1 Å². The smallest absolute Gasteiger partial charge is 0.261 e. The van der Waals surface area contributed by atoms with E-state index in [-0.39, 0.29) is 11.5 Å². The lowest BCUT2D eigenvalue weighted by Gasteiger charge is -2.12. The van der Waals surface area contributed by atoms with Crippen LogP contribution in [0.2, 0.25) is 0 Å². The van der Waals surface area contributed by atoms with Gasteiger partial charge in [-0.05, 0) is 37.5 Å². The van der Waals surface area contributed by atoms with Gasteiger partial charge in [-0.3, -0.25) is 4.79 Å². The number of carbonyl (C=O) groups excluding carboxylic acids is 1. The lowest BCUT2D eigenvalue weighted by atomic mass is 10.1. The van der Waals surface area contributed by atoms with Crippen LogP contribution in [0.1, 0.15) is 77.7 Å². The first-order valence-electron chi connectivity index (χ1n) is 11.0. The summed E-state index contributed by atoms with van der Waals surface area (Å²) in [5, 5.41) is 12.3. The van der Waals surface area contributed by atoms with Gasteiger partial charge in [-0.25, -0.2) is 0 Å². The van der Waals surface area contributed by atoms with Crippen molar-refractivity contribution in [2.75, 3.05) is 19.8 Å². The number of nitriles is 1. The lowest BCUT2D eigenvalue weighted by Crippen LogP contribution is -2.25. The van der Waals surface area contributed by atoms with Gasteiger partial charge in [-0.2, -0.15) is 5.26 Å². The maximum atomic E-state index is 12.4. The van der Waals surface area contributed by atoms with Gasteiger partial charge in [-0.1, -0.05) is 52.9 Å². The molecule has 0 saturated heterocycles. The van der Waals surface area contributed by atoms with Crippen LogP contribution < -0.4 is 14.8 Å². The van der Waals surface area contributed by atoms with E-state index in [4.69, 9.17) is 9.47 Å². The number of nitrogens with zero attached hydrogens (tertiary/aromatic N) is 1. The normalized spacial score (nSPS) is 11.0. The zero-order chi connectivity index (χ0) is 21.3. The summed E-state index contributed by atoms with van der Waals surface area (Å²) < 4.78 is 11.5. The molecule has 0 aromatic heterocycles. The first kappa shape index (κ1) is 24.6. The highest BCUT2D eigenvalue weighted by atomic mass is 16.5. The van der Waals surface area contributed by atoms with Crippen LogP contribution >= 0.6 is 0 Å². The predicted molar refractivity (Wildman–Crippen MR) is 118 cm³/mol. The van der Waals surface area contributed by atoms with Crippen molar-refractivity contribution in [1.82, 2.24) is 5.32 Å². The van der Waals surface area contributed by atoms with Crippen molar-refractivity contribution in [1.29, 1.82) is 5.26 Å². The Kier molecular flexibility index (Phi) is 13.1. The molecule has 0 heterocycles. The number of nitrogens with one attached hydrogen (secondary N) is 1. The minimum Gasteiger partial charge on any atom is -0.493 e. The van der Waals surface area contributed by atoms with Gasteiger partial charge in [0.15, 0.2) is 0 Å². The van der Waals surface area contributed by atoms with Crippen LogP contribution in [0, 0.1) is 11.3 Å². The van der Waals surface area contributed by atoms with Gasteiger partial charge >= 0.3 is 0 Å². The van der Waals surface area contributed by atoms with E-state index < -0.39 is 0 Å². The minimum atomic E-state index is -0.339. The first-order valence-corrected chi connectivity index (χ1v) is 11.0. The van der Waals surface area contributed by atoms with Crippen molar-refractivity contribution in [2.24, 2.45) is 0 Å². The van der Waals surface area contributed by atoms with E-state index in [1.54, 1.807) is 6.08 Å². The second kappa shape index (κ2) is 15.4. The average Bonchev–Trinajstić information content (AvgIpc) is 2.74. The van der Waals surface area contributed by atoms with Crippen LogP contribution in [0.3, 0.4) is 0 Å². The molecule has 1 aromatic rings. The molecule has 5 nitrogen and oxygen atoms in total. The summed E-state index contributed by atoms with van der Waals surface area (Å²) in [5.41, 5.74) is 0.785. The summed E-state index contributed by atoms with van der Waals surface area (Å²) in [5.74, 6) is 1.01. The van der Waals surface area contributed by atoms with Gasteiger partial charge < -0.3 is 14.8 Å². The van der Waals surface area contributed by atoms with Crippen LogP contribution in [-0.2, 0) is 4.79 Å². The highest BCUT2D eigenvalue weighted by Crippen LogP contribution is 2.27. The standard InChI is InChI=1S/C24H36N2O3/c1-4-7-8-9-10-11-14-26-24(27)21(19-25)17-20-12-13-22(28-15-5-2)18-23(20)29-16-6-3/h12-13,17-18H,4-11,14-16H2,1-3H3,(H,26,27)/b21-17+. The fraction of sp³-hybridized carbons (Fsp3) is 0.583. The van der Waals surface area contributed by atoms with E-state index in [2.05, 4.69) is 19.2 Å². The maximum absolute atomic E-state index is 12.4. The molecule has 160 valence electrons. The lowest BCUT2D eigenvalue weighted by molar-refractivity contribution is -0.117. The fourth-order valence-electron chi connectivity index (χ4n) is 2.79. The number of unbranched alkanes of at least 4 members (excludes halogenated alkanes) is 5. The molecule has 0 aliphatic carbocycles. The molecular weight excluding hydrogens is 364 g/mol. The molecule has 0 radical (unpaired) electrons. The predicted octanol–water partition coefficient (Wildman–Crippen LogP) is 5.65. The van der Waals surface area contributed by atoms with Crippen molar-refractivity contribution in [3.63, 3.8) is 0 Å². The minimum absolute atomic E-state index is 0.0829. The molecular formula is C24H36N2O3. The van der Waals surface area contributed by atoms with E-state index in [1.165, 1.54) is 25.7 Å². The average molecular weight is 401 g/mol. The van der Waals surface area contributed by atoms with Crippen LogP contribution in [0.5, 0.6) is 11.5 Å². The fourth-order valence-corrected chi connectivity index (χ4v) is 2.79. The summed E-state index contributed by atoms with van der Waals surface area (Å²) in [7, 11) is 0. The van der Waals surface area contributed by atoms with Gasteiger partial charge in [0.25, 0.3) is 5.91 Å². The Labute approximate surface area is 176 Å². The van der Waals surface area contributed by atoms with E-state index in [0.717, 1.165) is 31.4 Å². The Bertz CT molecular complexity index is 677. The molecule has 0 bridgehead atoms. The number of carbonyl (C=O) groups is 1. The molecule has 0 atom stereocenters. The van der Waals surface area contributed by atoms with Gasteiger partial charge in [0.2, 0.25) is 0 Å². The monoisotopic (exact) mass is 400 g/mol. The molecule has 1 aromatic carbocycles. The van der Waals surface area contributed by atoms with E-state index in [1.807, 2.05) is 31.2 Å². The van der Waals surface area contributed by atoms with Crippen molar-refractivity contribution in [2.45, 2.75) is 72.1 Å². The Morgan fingerprint density at radius 3 is 2.38 bits per heavy atom. The third-order valence-electron chi connectivity index (χ3n) is 4.40. The molecule has 0 aliphatic rings. The zero-order valence-corrected chi connectivity index (χ0v) is 18.3. The van der Waals surface area contributed by atoms with Crippen molar-refractivity contribution in [3.05, 3.63) is 29.3 Å². The van der Waals surface area contributed by atoms with Crippen LogP contribution in [0.4, 0.5) is 0 Å². The highest BCUT2D eigenvalue weighted by molar-refractivity contribution is 6.02. The van der Waals surface area contributed by atoms with Crippen molar-refractivity contribution in [3.8, 4) is 17.6 Å².